The van der Waals surface area contributed by atoms with Gasteiger partial charge in [0.1, 0.15) is 5.76 Å². The maximum atomic E-state index is 5.27. The van der Waals surface area contributed by atoms with E-state index in [2.05, 4.69) is 35.5 Å². The zero-order chi connectivity index (χ0) is 16.0. The number of rotatable bonds is 3. The van der Waals surface area contributed by atoms with Crippen LogP contribution in [0.3, 0.4) is 0 Å². The van der Waals surface area contributed by atoms with Crippen molar-refractivity contribution in [2.24, 2.45) is 0 Å². The van der Waals surface area contributed by atoms with Crippen molar-refractivity contribution in [3.8, 4) is 11.1 Å². The number of allylic oxidation sites excluding steroid dienone is 1. The third kappa shape index (κ3) is 2.20. The molecule has 5 heteroatoms. The maximum absolute atomic E-state index is 5.27. The van der Waals surface area contributed by atoms with Crippen LogP contribution in [-0.2, 0) is 13.0 Å². The second kappa shape index (κ2) is 5.19. The predicted octanol–water partition coefficient (Wildman–Crippen LogP) is 3.56. The first-order valence-electron chi connectivity index (χ1n) is 7.83. The highest BCUT2D eigenvalue weighted by Crippen LogP contribution is 2.34. The average molecular weight is 306 g/mol. The Morgan fingerprint density at radius 2 is 2.09 bits per heavy atom. The molecule has 0 saturated carbocycles. The summed E-state index contributed by atoms with van der Waals surface area (Å²) in [7, 11) is 0. The minimum Gasteiger partial charge on any atom is -0.361 e. The summed E-state index contributed by atoms with van der Waals surface area (Å²) in [4.78, 5) is 4.72. The van der Waals surface area contributed by atoms with Gasteiger partial charge in [-0.2, -0.15) is 5.10 Å². The molecule has 3 aromatic rings. The van der Waals surface area contributed by atoms with E-state index < -0.39 is 0 Å². The van der Waals surface area contributed by atoms with Crippen molar-refractivity contribution in [2.45, 2.75) is 33.7 Å². The highest BCUT2D eigenvalue weighted by Gasteiger charge is 2.20. The molecule has 0 fully saturated rings. The molecule has 1 aliphatic carbocycles. The number of aromatic nitrogens is 4. The zero-order valence-electron chi connectivity index (χ0n) is 13.5. The fourth-order valence-corrected chi connectivity index (χ4v) is 3.18. The number of nitrogens with zero attached hydrogens (tertiary/aromatic N) is 4. The van der Waals surface area contributed by atoms with Crippen molar-refractivity contribution in [2.75, 3.05) is 0 Å². The molecule has 5 nitrogen and oxygen atoms in total. The van der Waals surface area contributed by atoms with Crippen molar-refractivity contribution in [3.63, 3.8) is 0 Å². The van der Waals surface area contributed by atoms with Gasteiger partial charge in [-0.1, -0.05) is 11.2 Å². The summed E-state index contributed by atoms with van der Waals surface area (Å²) in [6, 6.07) is 2.20. The Morgan fingerprint density at radius 1 is 1.22 bits per heavy atom. The number of hydrogen-bond acceptors (Lipinski definition) is 4. The molecule has 0 spiro atoms. The van der Waals surface area contributed by atoms with E-state index in [1.807, 2.05) is 30.9 Å². The second-order valence-corrected chi connectivity index (χ2v) is 5.84. The summed E-state index contributed by atoms with van der Waals surface area (Å²) in [5.74, 6) is 0.833. The Hall–Kier alpha value is -2.69. The summed E-state index contributed by atoms with van der Waals surface area (Å²) in [5.41, 5.74) is 7.61. The Labute approximate surface area is 134 Å². The molecule has 0 N–H and O–H groups in total. The van der Waals surface area contributed by atoms with E-state index >= 15 is 0 Å². The van der Waals surface area contributed by atoms with Gasteiger partial charge in [-0.25, -0.2) is 0 Å². The van der Waals surface area contributed by atoms with Crippen LogP contribution in [0.15, 0.2) is 35.3 Å². The first-order valence-corrected chi connectivity index (χ1v) is 7.83. The van der Waals surface area contributed by atoms with Crippen molar-refractivity contribution in [1.29, 1.82) is 0 Å². The van der Waals surface area contributed by atoms with E-state index in [1.165, 1.54) is 11.1 Å². The zero-order valence-corrected chi connectivity index (χ0v) is 13.5. The molecule has 4 rings (SSSR count). The van der Waals surface area contributed by atoms with Gasteiger partial charge in [-0.3, -0.25) is 9.67 Å². The summed E-state index contributed by atoms with van der Waals surface area (Å²) >= 11 is 0. The molecule has 0 aliphatic heterocycles. The van der Waals surface area contributed by atoms with Gasteiger partial charge in [-0.05, 0) is 38.8 Å². The molecule has 3 heterocycles. The molecule has 0 atom stereocenters. The van der Waals surface area contributed by atoms with Crippen molar-refractivity contribution < 1.29 is 4.52 Å². The summed E-state index contributed by atoms with van der Waals surface area (Å²) in [6.45, 7) is 6.85. The molecule has 0 saturated heterocycles. The lowest BCUT2D eigenvalue weighted by atomic mass is 10.0. The third-order valence-electron chi connectivity index (χ3n) is 4.34. The normalized spacial score (nSPS) is 13.3. The first-order chi connectivity index (χ1) is 11.2. The Balaban J connectivity index is 1.73. The lowest BCUT2D eigenvalue weighted by Crippen LogP contribution is -1.94. The highest BCUT2D eigenvalue weighted by atomic mass is 16.5. The minimum absolute atomic E-state index is 0.833. The van der Waals surface area contributed by atoms with Crippen LogP contribution in [0.2, 0.25) is 0 Å². The first kappa shape index (κ1) is 13.9. The van der Waals surface area contributed by atoms with Gasteiger partial charge in [0, 0.05) is 41.2 Å². The maximum Gasteiger partial charge on any atom is 0.141 e. The number of pyridine rings is 1. The van der Waals surface area contributed by atoms with Crippen LogP contribution in [0.5, 0.6) is 0 Å². The molecule has 1 aliphatic rings. The van der Waals surface area contributed by atoms with Crippen LogP contribution in [0, 0.1) is 13.8 Å². The van der Waals surface area contributed by atoms with Crippen LogP contribution >= 0.6 is 0 Å². The summed E-state index contributed by atoms with van der Waals surface area (Å²) in [5, 5.41) is 8.39. The van der Waals surface area contributed by atoms with Gasteiger partial charge in [-0.15, -0.1) is 0 Å². The Bertz CT molecular complexity index is 898. The number of hydrogen-bond donors (Lipinski definition) is 0. The molecular formula is C18H18N4O. The Morgan fingerprint density at radius 3 is 2.78 bits per heavy atom. The van der Waals surface area contributed by atoms with E-state index in [0.29, 0.717) is 0 Å². The van der Waals surface area contributed by atoms with Gasteiger partial charge >= 0.3 is 0 Å². The standard InChI is InChI=1S/C18H18N4O/c1-4-22-10-15(9-20-22)16-6-5-13-7-14(8-19-18(13)16)17-11(2)21-23-12(17)3/h6-10H,4-5H2,1-3H3. The van der Waals surface area contributed by atoms with Crippen LogP contribution in [0.25, 0.3) is 16.7 Å². The van der Waals surface area contributed by atoms with Crippen LogP contribution in [0.1, 0.15) is 35.2 Å². The van der Waals surface area contributed by atoms with Gasteiger partial charge in [0.2, 0.25) is 0 Å². The van der Waals surface area contributed by atoms with E-state index in [1.54, 1.807) is 0 Å². The van der Waals surface area contributed by atoms with Crippen LogP contribution in [0.4, 0.5) is 0 Å². The van der Waals surface area contributed by atoms with E-state index in [4.69, 9.17) is 9.51 Å². The van der Waals surface area contributed by atoms with Crippen molar-refractivity contribution >= 4 is 5.57 Å². The topological polar surface area (TPSA) is 56.7 Å². The van der Waals surface area contributed by atoms with Gasteiger partial charge in [0.25, 0.3) is 0 Å². The number of fused-ring (bicyclic) bond motifs is 1. The summed E-state index contributed by atoms with van der Waals surface area (Å²) < 4.78 is 7.21. The van der Waals surface area contributed by atoms with Gasteiger partial charge in [0.15, 0.2) is 0 Å². The minimum atomic E-state index is 0.833. The van der Waals surface area contributed by atoms with E-state index in [-0.39, 0.29) is 0 Å². The average Bonchev–Trinajstić information content (AvgIpc) is 3.25. The quantitative estimate of drug-likeness (QED) is 0.742. The third-order valence-corrected chi connectivity index (χ3v) is 4.34. The molecule has 23 heavy (non-hydrogen) atoms. The number of aryl methyl sites for hydroxylation is 3. The predicted molar refractivity (Wildman–Crippen MR) is 87.9 cm³/mol. The lowest BCUT2D eigenvalue weighted by molar-refractivity contribution is 0.393. The van der Waals surface area contributed by atoms with Crippen molar-refractivity contribution in [3.05, 3.63) is 59.0 Å². The Kier molecular flexibility index (Phi) is 3.15. The van der Waals surface area contributed by atoms with Crippen LogP contribution < -0.4 is 0 Å². The molecule has 116 valence electrons. The van der Waals surface area contributed by atoms with E-state index in [9.17, 15) is 0 Å². The van der Waals surface area contributed by atoms with Crippen molar-refractivity contribution in [1.82, 2.24) is 19.9 Å². The SMILES string of the molecule is CCn1cc(C2=CCc3cc(-c4c(C)noc4C)cnc32)cn1. The van der Waals surface area contributed by atoms with Gasteiger partial charge in [0.05, 0.1) is 17.6 Å². The molecule has 3 aromatic heterocycles. The molecule has 0 bridgehead atoms. The molecular weight excluding hydrogens is 288 g/mol. The van der Waals surface area contributed by atoms with Gasteiger partial charge < -0.3 is 4.52 Å². The lowest BCUT2D eigenvalue weighted by Gasteiger charge is -2.06. The molecule has 0 radical (unpaired) electrons. The summed E-state index contributed by atoms with van der Waals surface area (Å²) in [6.07, 6.45) is 9.02. The molecule has 0 unspecified atom stereocenters. The fourth-order valence-electron chi connectivity index (χ4n) is 3.18. The largest absolute Gasteiger partial charge is 0.361 e. The fraction of sp³-hybridized carbons (Fsp3) is 0.278. The molecule has 0 amide bonds. The molecule has 0 aromatic carbocycles. The van der Waals surface area contributed by atoms with E-state index in [0.717, 1.165) is 46.8 Å². The highest BCUT2D eigenvalue weighted by molar-refractivity contribution is 5.83. The van der Waals surface area contributed by atoms with Crippen LogP contribution in [-0.4, -0.2) is 19.9 Å². The smallest absolute Gasteiger partial charge is 0.141 e. The monoisotopic (exact) mass is 306 g/mol. The second-order valence-electron chi connectivity index (χ2n) is 5.84.